The lowest BCUT2D eigenvalue weighted by Crippen LogP contribution is -2.13. The summed E-state index contributed by atoms with van der Waals surface area (Å²) in [5.41, 5.74) is 7.08. The molecule has 0 radical (unpaired) electrons. The number of benzene rings is 2. The first-order valence-electron chi connectivity index (χ1n) is 5.49. The number of hydrogen-bond donors (Lipinski definition) is 1. The van der Waals surface area contributed by atoms with Crippen LogP contribution in [0.3, 0.4) is 0 Å². The van der Waals surface area contributed by atoms with Crippen molar-refractivity contribution in [2.75, 3.05) is 0 Å². The van der Waals surface area contributed by atoms with E-state index in [9.17, 15) is 4.79 Å². The second-order valence-corrected chi connectivity index (χ2v) is 3.91. The average molecular weight is 238 g/mol. The van der Waals surface area contributed by atoms with Gasteiger partial charge in [-0.1, -0.05) is 18.2 Å². The third kappa shape index (κ3) is 1.64. The van der Waals surface area contributed by atoms with Crippen LogP contribution >= 0.6 is 0 Å². The maximum atomic E-state index is 11.4. The molecule has 4 nitrogen and oxygen atoms in total. The summed E-state index contributed by atoms with van der Waals surface area (Å²) in [5.74, 6) is 0.752. The molecule has 0 bridgehead atoms. The van der Waals surface area contributed by atoms with Crippen molar-refractivity contribution < 1.29 is 9.53 Å². The molecule has 1 aliphatic rings. The Hall–Kier alpha value is -2.62. The molecule has 0 aliphatic carbocycles. The molecule has 3 rings (SSSR count). The van der Waals surface area contributed by atoms with Crippen molar-refractivity contribution in [1.82, 2.24) is 0 Å². The lowest BCUT2D eigenvalue weighted by atomic mass is 10.1. The Bertz CT molecular complexity index is 663. The number of aliphatic imine (C=N–C) groups is 1. The normalized spacial score (nSPS) is 12.0. The van der Waals surface area contributed by atoms with Crippen molar-refractivity contribution >= 4 is 17.8 Å². The Kier molecular flexibility index (Phi) is 2.34. The van der Waals surface area contributed by atoms with Gasteiger partial charge in [-0.15, -0.1) is 0 Å². The smallest absolute Gasteiger partial charge is 0.249 e. The summed E-state index contributed by atoms with van der Waals surface area (Å²) in [4.78, 5) is 15.7. The van der Waals surface area contributed by atoms with E-state index in [0.717, 1.165) is 5.69 Å². The van der Waals surface area contributed by atoms with Gasteiger partial charge in [-0.3, -0.25) is 9.79 Å². The van der Waals surface area contributed by atoms with Crippen LogP contribution in [0, 0.1) is 0 Å². The Morgan fingerprint density at radius 3 is 2.67 bits per heavy atom. The van der Waals surface area contributed by atoms with Crippen LogP contribution in [0.5, 0.6) is 11.5 Å². The van der Waals surface area contributed by atoms with Gasteiger partial charge in [0.15, 0.2) is 5.75 Å². The molecule has 0 fully saturated rings. The first-order chi connectivity index (χ1) is 8.75. The minimum atomic E-state index is -0.493. The molecule has 2 aromatic rings. The van der Waals surface area contributed by atoms with Gasteiger partial charge in [0, 0.05) is 11.8 Å². The van der Waals surface area contributed by atoms with Gasteiger partial charge in [0.1, 0.15) is 11.4 Å². The van der Waals surface area contributed by atoms with E-state index in [1.54, 1.807) is 24.4 Å². The summed E-state index contributed by atoms with van der Waals surface area (Å²) < 4.78 is 5.76. The van der Waals surface area contributed by atoms with Crippen LogP contribution in [0.25, 0.3) is 0 Å². The van der Waals surface area contributed by atoms with Gasteiger partial charge in [-0.2, -0.15) is 0 Å². The number of para-hydroxylation sites is 2. The van der Waals surface area contributed by atoms with Crippen LogP contribution in [-0.2, 0) is 0 Å². The van der Waals surface area contributed by atoms with Crippen molar-refractivity contribution in [3.63, 3.8) is 0 Å². The minimum absolute atomic E-state index is 0.407. The molecule has 0 unspecified atom stereocenters. The number of hydrogen-bond acceptors (Lipinski definition) is 3. The third-order valence-electron chi connectivity index (χ3n) is 2.75. The summed E-state index contributed by atoms with van der Waals surface area (Å²) in [7, 11) is 0. The summed E-state index contributed by atoms with van der Waals surface area (Å²) in [6.07, 6.45) is 1.61. The predicted octanol–water partition coefficient (Wildman–Crippen LogP) is 2.64. The van der Waals surface area contributed by atoms with Gasteiger partial charge in [-0.25, -0.2) is 0 Å². The molecule has 0 saturated heterocycles. The van der Waals surface area contributed by atoms with Gasteiger partial charge in [0.05, 0.1) is 5.56 Å². The number of ether oxygens (including phenoxy) is 1. The number of nitrogens with zero attached hydrogens (tertiary/aromatic N) is 1. The lowest BCUT2D eigenvalue weighted by molar-refractivity contribution is 0.1000. The van der Waals surface area contributed by atoms with E-state index >= 15 is 0 Å². The number of fused-ring (bicyclic) bond motifs is 2. The summed E-state index contributed by atoms with van der Waals surface area (Å²) in [5, 5.41) is 0. The minimum Gasteiger partial charge on any atom is -0.454 e. The van der Waals surface area contributed by atoms with Crippen molar-refractivity contribution in [3.05, 3.63) is 53.6 Å². The zero-order chi connectivity index (χ0) is 12.5. The quantitative estimate of drug-likeness (QED) is 0.708. The number of carbonyl (C=O) groups is 1. The van der Waals surface area contributed by atoms with Crippen LogP contribution < -0.4 is 10.5 Å². The fourth-order valence-electron chi connectivity index (χ4n) is 1.88. The highest BCUT2D eigenvalue weighted by Gasteiger charge is 2.16. The first-order valence-corrected chi connectivity index (χ1v) is 5.49. The highest BCUT2D eigenvalue weighted by molar-refractivity contribution is 6.04. The summed E-state index contributed by atoms with van der Waals surface area (Å²) >= 11 is 0. The molecule has 1 heterocycles. The SMILES string of the molecule is NC(=O)c1cccc2c1C=Nc1ccccc1O2. The molecule has 18 heavy (non-hydrogen) atoms. The highest BCUT2D eigenvalue weighted by Crippen LogP contribution is 2.36. The van der Waals surface area contributed by atoms with E-state index in [-0.39, 0.29) is 0 Å². The van der Waals surface area contributed by atoms with E-state index in [1.165, 1.54) is 0 Å². The fraction of sp³-hybridized carbons (Fsp3) is 0. The van der Waals surface area contributed by atoms with Gasteiger partial charge >= 0.3 is 0 Å². The van der Waals surface area contributed by atoms with Crippen LogP contribution in [0.1, 0.15) is 15.9 Å². The van der Waals surface area contributed by atoms with Crippen LogP contribution in [0.2, 0.25) is 0 Å². The molecule has 2 N–H and O–H groups in total. The zero-order valence-electron chi connectivity index (χ0n) is 9.46. The Morgan fingerprint density at radius 2 is 1.83 bits per heavy atom. The molecule has 0 aromatic heterocycles. The van der Waals surface area contributed by atoms with Gasteiger partial charge in [0.25, 0.3) is 0 Å². The molecular formula is C14H10N2O2. The topological polar surface area (TPSA) is 64.7 Å². The Labute approximate surface area is 104 Å². The average Bonchev–Trinajstić information content (AvgIpc) is 2.56. The van der Waals surface area contributed by atoms with Crippen molar-refractivity contribution in [2.45, 2.75) is 0 Å². The van der Waals surface area contributed by atoms with Crippen LogP contribution in [-0.4, -0.2) is 12.1 Å². The largest absolute Gasteiger partial charge is 0.454 e. The number of primary amides is 1. The maximum absolute atomic E-state index is 11.4. The predicted molar refractivity (Wildman–Crippen MR) is 68.7 cm³/mol. The highest BCUT2D eigenvalue weighted by atomic mass is 16.5. The molecule has 0 atom stereocenters. The van der Waals surface area contributed by atoms with Crippen molar-refractivity contribution in [2.24, 2.45) is 10.7 Å². The standard InChI is InChI=1S/C14H10N2O2/c15-14(17)9-4-3-7-12-10(9)8-16-11-5-1-2-6-13(11)18-12/h1-8H,(H2,15,17). The molecular weight excluding hydrogens is 228 g/mol. The van der Waals surface area contributed by atoms with Crippen molar-refractivity contribution in [3.8, 4) is 11.5 Å². The molecule has 4 heteroatoms. The number of amides is 1. The van der Waals surface area contributed by atoms with Crippen LogP contribution in [0.15, 0.2) is 47.5 Å². The van der Waals surface area contributed by atoms with E-state index in [2.05, 4.69) is 4.99 Å². The Balaban J connectivity index is 2.20. The Morgan fingerprint density at radius 1 is 1.06 bits per heavy atom. The molecule has 1 amide bonds. The van der Waals surface area contributed by atoms with Crippen LogP contribution in [0.4, 0.5) is 5.69 Å². The van der Waals surface area contributed by atoms with E-state index in [1.807, 2.05) is 24.3 Å². The molecule has 0 spiro atoms. The van der Waals surface area contributed by atoms with E-state index in [0.29, 0.717) is 22.6 Å². The molecule has 0 saturated carbocycles. The summed E-state index contributed by atoms with van der Waals surface area (Å²) in [6, 6.07) is 12.6. The maximum Gasteiger partial charge on any atom is 0.249 e. The number of nitrogens with two attached hydrogens (primary N) is 1. The van der Waals surface area contributed by atoms with Gasteiger partial charge in [-0.05, 0) is 24.3 Å². The molecule has 1 aliphatic heterocycles. The van der Waals surface area contributed by atoms with Crippen molar-refractivity contribution in [1.29, 1.82) is 0 Å². The molecule has 88 valence electrons. The first kappa shape index (κ1) is 10.5. The number of carbonyl (C=O) groups excluding carboxylic acids is 1. The second kappa shape index (κ2) is 4.00. The molecule has 2 aromatic carbocycles. The van der Waals surface area contributed by atoms with Gasteiger partial charge in [0.2, 0.25) is 5.91 Å². The third-order valence-corrected chi connectivity index (χ3v) is 2.75. The zero-order valence-corrected chi connectivity index (χ0v) is 9.46. The van der Waals surface area contributed by atoms with E-state index in [4.69, 9.17) is 10.5 Å². The second-order valence-electron chi connectivity index (χ2n) is 3.91. The number of rotatable bonds is 1. The van der Waals surface area contributed by atoms with E-state index < -0.39 is 5.91 Å². The van der Waals surface area contributed by atoms with Gasteiger partial charge < -0.3 is 10.5 Å². The lowest BCUT2D eigenvalue weighted by Gasteiger charge is -2.09. The summed E-state index contributed by atoms with van der Waals surface area (Å²) in [6.45, 7) is 0. The monoisotopic (exact) mass is 238 g/mol. The fourth-order valence-corrected chi connectivity index (χ4v) is 1.88.